The SMILES string of the molecule is CCOC(=O)CCC(=O)N1CCC2(CC1)C(=O)N(CC(=O)N(C)Cc1ccccc1)CN2c1ccccc1. The molecular weight excluding hydrogens is 484 g/mol. The number of likely N-dealkylation sites (tertiary alicyclic amines) is 1. The predicted octanol–water partition coefficient (Wildman–Crippen LogP) is 2.66. The zero-order chi connectivity index (χ0) is 27.1. The lowest BCUT2D eigenvalue weighted by molar-refractivity contribution is -0.146. The van der Waals surface area contributed by atoms with Gasteiger partial charge in [0, 0.05) is 38.8 Å². The first-order valence-electron chi connectivity index (χ1n) is 13.2. The fourth-order valence-corrected chi connectivity index (χ4v) is 5.28. The zero-order valence-corrected chi connectivity index (χ0v) is 22.2. The number of hydrogen-bond donors (Lipinski definition) is 0. The molecule has 2 aromatic carbocycles. The van der Waals surface area contributed by atoms with Crippen LogP contribution in [-0.2, 0) is 30.5 Å². The molecule has 202 valence electrons. The third-order valence-corrected chi connectivity index (χ3v) is 7.39. The highest BCUT2D eigenvalue weighted by Gasteiger charge is 2.54. The Bertz CT molecular complexity index is 1130. The number of carbonyl (C=O) groups excluding carboxylic acids is 4. The third kappa shape index (κ3) is 5.98. The number of ether oxygens (including phenoxy) is 1. The number of para-hydroxylation sites is 1. The lowest BCUT2D eigenvalue weighted by atomic mass is 9.85. The molecule has 1 spiro atoms. The number of carbonyl (C=O) groups is 4. The van der Waals surface area contributed by atoms with Crippen LogP contribution in [0.15, 0.2) is 60.7 Å². The Labute approximate surface area is 223 Å². The highest BCUT2D eigenvalue weighted by atomic mass is 16.5. The van der Waals surface area contributed by atoms with Crippen molar-refractivity contribution in [2.75, 3.05) is 44.9 Å². The average Bonchev–Trinajstić information content (AvgIpc) is 3.19. The normalized spacial score (nSPS) is 16.6. The molecule has 9 heteroatoms. The predicted molar refractivity (Wildman–Crippen MR) is 143 cm³/mol. The molecule has 4 rings (SSSR count). The van der Waals surface area contributed by atoms with Crippen molar-refractivity contribution in [1.82, 2.24) is 14.7 Å². The Morgan fingerprint density at radius 2 is 1.58 bits per heavy atom. The molecule has 2 fully saturated rings. The van der Waals surface area contributed by atoms with Crippen LogP contribution in [0.1, 0.15) is 38.2 Å². The van der Waals surface area contributed by atoms with Crippen molar-refractivity contribution in [1.29, 1.82) is 0 Å². The van der Waals surface area contributed by atoms with E-state index in [0.29, 0.717) is 39.1 Å². The molecule has 0 aromatic heterocycles. The molecule has 9 nitrogen and oxygen atoms in total. The summed E-state index contributed by atoms with van der Waals surface area (Å²) in [5.74, 6) is -0.701. The lowest BCUT2D eigenvalue weighted by Gasteiger charge is -2.43. The second kappa shape index (κ2) is 12.1. The van der Waals surface area contributed by atoms with E-state index in [1.807, 2.05) is 60.7 Å². The van der Waals surface area contributed by atoms with Gasteiger partial charge in [-0.3, -0.25) is 19.2 Å². The second-order valence-corrected chi connectivity index (χ2v) is 9.86. The topological polar surface area (TPSA) is 90.5 Å². The quantitative estimate of drug-likeness (QED) is 0.473. The van der Waals surface area contributed by atoms with Crippen LogP contribution in [0.2, 0.25) is 0 Å². The largest absolute Gasteiger partial charge is 0.466 e. The molecule has 0 saturated carbocycles. The minimum absolute atomic E-state index is 0.00453. The standard InChI is InChI=1S/C29H36N4O5/c1-3-38-27(36)15-14-25(34)31-18-16-29(17-19-31)28(37)32(22-33(29)24-12-8-5-9-13-24)21-26(35)30(2)20-23-10-6-4-7-11-23/h4-13H,3,14-22H2,1-2H3. The van der Waals surface area contributed by atoms with Crippen LogP contribution in [0, 0.1) is 0 Å². The highest BCUT2D eigenvalue weighted by Crippen LogP contribution is 2.39. The summed E-state index contributed by atoms with van der Waals surface area (Å²) in [7, 11) is 1.75. The van der Waals surface area contributed by atoms with Gasteiger partial charge in [-0.15, -0.1) is 0 Å². The van der Waals surface area contributed by atoms with Crippen molar-refractivity contribution in [3.8, 4) is 0 Å². The van der Waals surface area contributed by atoms with Gasteiger partial charge in [0.2, 0.25) is 11.8 Å². The van der Waals surface area contributed by atoms with Crippen LogP contribution in [0.5, 0.6) is 0 Å². The van der Waals surface area contributed by atoms with Crippen LogP contribution in [0.25, 0.3) is 0 Å². The van der Waals surface area contributed by atoms with Gasteiger partial charge in [-0.1, -0.05) is 48.5 Å². The Balaban J connectivity index is 1.44. The molecule has 2 aliphatic heterocycles. The molecule has 3 amide bonds. The number of piperidine rings is 1. The van der Waals surface area contributed by atoms with Crippen molar-refractivity contribution >= 4 is 29.4 Å². The number of anilines is 1. The Kier molecular flexibility index (Phi) is 8.66. The molecule has 2 saturated heterocycles. The maximum Gasteiger partial charge on any atom is 0.306 e. The molecule has 0 radical (unpaired) electrons. The number of esters is 1. The van der Waals surface area contributed by atoms with E-state index in [0.717, 1.165) is 11.3 Å². The molecule has 0 atom stereocenters. The van der Waals surface area contributed by atoms with E-state index in [1.54, 1.807) is 28.7 Å². The summed E-state index contributed by atoms with van der Waals surface area (Å²) < 4.78 is 4.93. The number of nitrogens with zero attached hydrogens (tertiary/aromatic N) is 4. The van der Waals surface area contributed by atoms with Gasteiger partial charge in [0.1, 0.15) is 12.1 Å². The molecule has 38 heavy (non-hydrogen) atoms. The summed E-state index contributed by atoms with van der Waals surface area (Å²) in [6.45, 7) is 3.62. The van der Waals surface area contributed by atoms with Crippen LogP contribution in [0.4, 0.5) is 5.69 Å². The molecule has 0 aliphatic carbocycles. The Morgan fingerprint density at radius 1 is 0.947 bits per heavy atom. The van der Waals surface area contributed by atoms with Crippen LogP contribution in [-0.4, -0.2) is 83.9 Å². The molecular formula is C29H36N4O5. The maximum absolute atomic E-state index is 13.9. The number of amides is 3. The lowest BCUT2D eigenvalue weighted by Crippen LogP contribution is -2.57. The van der Waals surface area contributed by atoms with Gasteiger partial charge >= 0.3 is 5.97 Å². The van der Waals surface area contributed by atoms with Crippen molar-refractivity contribution in [2.45, 2.75) is 44.7 Å². The van der Waals surface area contributed by atoms with E-state index in [4.69, 9.17) is 4.74 Å². The van der Waals surface area contributed by atoms with Gasteiger partial charge in [-0.05, 0) is 37.5 Å². The summed E-state index contributed by atoms with van der Waals surface area (Å²) in [6.07, 6.45) is 1.05. The van der Waals surface area contributed by atoms with Crippen molar-refractivity contribution in [3.05, 3.63) is 66.2 Å². The number of likely N-dealkylation sites (N-methyl/N-ethyl adjacent to an activating group) is 1. The minimum Gasteiger partial charge on any atom is -0.466 e. The fraction of sp³-hybridized carbons (Fsp3) is 0.448. The summed E-state index contributed by atoms with van der Waals surface area (Å²) in [4.78, 5) is 58.5. The summed E-state index contributed by atoms with van der Waals surface area (Å²) in [5, 5.41) is 0. The van der Waals surface area contributed by atoms with E-state index in [-0.39, 0.29) is 49.7 Å². The van der Waals surface area contributed by atoms with Gasteiger partial charge in [0.05, 0.1) is 19.7 Å². The van der Waals surface area contributed by atoms with Gasteiger partial charge in [0.15, 0.2) is 0 Å². The average molecular weight is 521 g/mol. The molecule has 2 aliphatic rings. The monoisotopic (exact) mass is 520 g/mol. The van der Waals surface area contributed by atoms with Crippen LogP contribution in [0.3, 0.4) is 0 Å². The van der Waals surface area contributed by atoms with Gasteiger partial charge < -0.3 is 24.3 Å². The van der Waals surface area contributed by atoms with Gasteiger partial charge in [-0.2, -0.15) is 0 Å². The molecule has 0 unspecified atom stereocenters. The van der Waals surface area contributed by atoms with Crippen molar-refractivity contribution < 1.29 is 23.9 Å². The number of hydrogen-bond acceptors (Lipinski definition) is 6. The first-order valence-corrected chi connectivity index (χ1v) is 13.2. The summed E-state index contributed by atoms with van der Waals surface area (Å²) in [5.41, 5.74) is 1.12. The smallest absolute Gasteiger partial charge is 0.306 e. The number of rotatable bonds is 9. The minimum atomic E-state index is -0.822. The van der Waals surface area contributed by atoms with E-state index < -0.39 is 5.54 Å². The first kappa shape index (κ1) is 27.2. The Morgan fingerprint density at radius 3 is 2.21 bits per heavy atom. The molecule has 0 N–H and O–H groups in total. The number of benzene rings is 2. The highest BCUT2D eigenvalue weighted by molar-refractivity contribution is 5.96. The van der Waals surface area contributed by atoms with Crippen molar-refractivity contribution in [3.63, 3.8) is 0 Å². The fourth-order valence-electron chi connectivity index (χ4n) is 5.28. The molecule has 0 bridgehead atoms. The Hall–Kier alpha value is -3.88. The van der Waals surface area contributed by atoms with E-state index in [2.05, 4.69) is 4.90 Å². The van der Waals surface area contributed by atoms with E-state index in [9.17, 15) is 19.2 Å². The summed E-state index contributed by atoms with van der Waals surface area (Å²) in [6, 6.07) is 19.5. The molecule has 2 heterocycles. The van der Waals surface area contributed by atoms with E-state index in [1.165, 1.54) is 0 Å². The maximum atomic E-state index is 13.9. The second-order valence-electron chi connectivity index (χ2n) is 9.86. The van der Waals surface area contributed by atoms with Crippen LogP contribution >= 0.6 is 0 Å². The van der Waals surface area contributed by atoms with Crippen LogP contribution < -0.4 is 4.90 Å². The zero-order valence-electron chi connectivity index (χ0n) is 22.2. The molecule has 2 aromatic rings. The first-order chi connectivity index (χ1) is 18.3. The van der Waals surface area contributed by atoms with Gasteiger partial charge in [0.25, 0.3) is 5.91 Å². The van der Waals surface area contributed by atoms with Gasteiger partial charge in [-0.25, -0.2) is 0 Å². The van der Waals surface area contributed by atoms with Crippen molar-refractivity contribution in [2.24, 2.45) is 0 Å². The summed E-state index contributed by atoms with van der Waals surface area (Å²) >= 11 is 0. The third-order valence-electron chi connectivity index (χ3n) is 7.39. The van der Waals surface area contributed by atoms with E-state index >= 15 is 0 Å².